The summed E-state index contributed by atoms with van der Waals surface area (Å²) < 4.78 is 40.1. The molecule has 7 nitrogen and oxygen atoms in total. The maximum absolute atomic E-state index is 13.9. The van der Waals surface area contributed by atoms with E-state index in [-0.39, 0.29) is 35.4 Å². The third kappa shape index (κ3) is 2.30. The van der Waals surface area contributed by atoms with E-state index in [0.29, 0.717) is 0 Å². The van der Waals surface area contributed by atoms with E-state index >= 15 is 0 Å². The minimum absolute atomic E-state index is 0.0220. The molecule has 2 aliphatic heterocycles. The molecular formula is C13H10F2N4O3S. The highest BCUT2D eigenvalue weighted by Crippen LogP contribution is 2.32. The fourth-order valence-corrected chi connectivity index (χ4v) is 3.04. The molecule has 2 fully saturated rings. The van der Waals surface area contributed by atoms with Gasteiger partial charge in [0.1, 0.15) is 17.6 Å². The molecule has 0 N–H and O–H groups in total. The maximum atomic E-state index is 13.9. The van der Waals surface area contributed by atoms with Crippen molar-refractivity contribution in [2.75, 3.05) is 6.61 Å². The Kier molecular flexibility index (Phi) is 3.32. The van der Waals surface area contributed by atoms with Crippen molar-refractivity contribution in [1.29, 1.82) is 0 Å². The second kappa shape index (κ2) is 5.25. The highest BCUT2D eigenvalue weighted by atomic mass is 32.1. The first-order valence-corrected chi connectivity index (χ1v) is 7.25. The first kappa shape index (κ1) is 14.5. The summed E-state index contributed by atoms with van der Waals surface area (Å²) in [6, 6.07) is 2.59. The highest BCUT2D eigenvalue weighted by Gasteiger charge is 2.45. The van der Waals surface area contributed by atoms with Gasteiger partial charge in [-0.3, -0.25) is 4.79 Å². The molecular weight excluding hydrogens is 330 g/mol. The van der Waals surface area contributed by atoms with E-state index < -0.39 is 24.0 Å². The Labute approximate surface area is 133 Å². The van der Waals surface area contributed by atoms with Gasteiger partial charge in [-0.15, -0.1) is 0 Å². The summed E-state index contributed by atoms with van der Waals surface area (Å²) in [7, 11) is 0. The smallest absolute Gasteiger partial charge is 0.221 e. The molecule has 2 saturated heterocycles. The summed E-state index contributed by atoms with van der Waals surface area (Å²) in [4.78, 5) is 11.9. The lowest BCUT2D eigenvalue weighted by Crippen LogP contribution is -2.37. The fourth-order valence-electron chi connectivity index (χ4n) is 2.74. The average molecular weight is 340 g/mol. The van der Waals surface area contributed by atoms with Gasteiger partial charge < -0.3 is 9.47 Å². The molecule has 3 atom stereocenters. The molecule has 3 heterocycles. The molecule has 0 amide bonds. The SMILES string of the molecule is O=C1C[C@@H](n2nnn(-c3ccc(F)cc3F)c2=S)[C@H]2CO[C@@H]1O2. The number of halogens is 2. The van der Waals surface area contributed by atoms with Crippen LogP contribution < -0.4 is 0 Å². The first-order chi connectivity index (χ1) is 11.0. The molecule has 23 heavy (non-hydrogen) atoms. The summed E-state index contributed by atoms with van der Waals surface area (Å²) in [5.74, 6) is -1.72. The van der Waals surface area contributed by atoms with Crippen molar-refractivity contribution in [3.05, 3.63) is 34.6 Å². The number of carbonyl (C=O) groups is 1. The topological polar surface area (TPSA) is 71.2 Å². The molecule has 1 aromatic heterocycles. The van der Waals surface area contributed by atoms with Crippen LogP contribution in [0.3, 0.4) is 0 Å². The van der Waals surface area contributed by atoms with Crippen molar-refractivity contribution in [1.82, 2.24) is 19.8 Å². The van der Waals surface area contributed by atoms with Crippen LogP contribution in [0.5, 0.6) is 0 Å². The number of rotatable bonds is 2. The molecule has 0 unspecified atom stereocenters. The lowest BCUT2D eigenvalue weighted by atomic mass is 10.0. The predicted molar refractivity (Wildman–Crippen MR) is 73.4 cm³/mol. The molecule has 10 heteroatoms. The van der Waals surface area contributed by atoms with E-state index in [4.69, 9.17) is 21.7 Å². The number of ether oxygens (including phenoxy) is 2. The molecule has 2 aromatic rings. The second-order valence-electron chi connectivity index (χ2n) is 5.29. The summed E-state index contributed by atoms with van der Waals surface area (Å²) in [6.07, 6.45) is -1.04. The largest absolute Gasteiger partial charge is 0.343 e. The van der Waals surface area contributed by atoms with Gasteiger partial charge in [-0.05, 0) is 34.8 Å². The van der Waals surface area contributed by atoms with Gasteiger partial charge in [-0.2, -0.15) is 4.68 Å². The summed E-state index contributed by atoms with van der Waals surface area (Å²) >= 11 is 5.27. The van der Waals surface area contributed by atoms with Crippen LogP contribution in [0.2, 0.25) is 0 Å². The van der Waals surface area contributed by atoms with Gasteiger partial charge in [0.15, 0.2) is 11.6 Å². The third-order valence-corrected chi connectivity index (χ3v) is 4.23. The molecule has 2 bridgehead atoms. The van der Waals surface area contributed by atoms with Gasteiger partial charge in [0.05, 0.1) is 12.6 Å². The molecule has 1 aromatic carbocycles. The zero-order valence-corrected chi connectivity index (χ0v) is 12.4. The van der Waals surface area contributed by atoms with E-state index in [1.54, 1.807) is 0 Å². The van der Waals surface area contributed by atoms with Crippen molar-refractivity contribution in [2.24, 2.45) is 0 Å². The van der Waals surface area contributed by atoms with Crippen molar-refractivity contribution < 1.29 is 23.0 Å². The summed E-state index contributed by atoms with van der Waals surface area (Å²) in [6.45, 7) is 0.251. The highest BCUT2D eigenvalue weighted by molar-refractivity contribution is 7.71. The lowest BCUT2D eigenvalue weighted by Gasteiger charge is -2.25. The van der Waals surface area contributed by atoms with E-state index in [9.17, 15) is 13.6 Å². The minimum atomic E-state index is -0.824. The van der Waals surface area contributed by atoms with Crippen molar-refractivity contribution in [3.63, 3.8) is 0 Å². The normalized spacial score (nSPS) is 26.7. The Morgan fingerprint density at radius 3 is 2.91 bits per heavy atom. The van der Waals surface area contributed by atoms with Gasteiger partial charge >= 0.3 is 0 Å². The van der Waals surface area contributed by atoms with Crippen LogP contribution in [0.25, 0.3) is 5.69 Å². The van der Waals surface area contributed by atoms with Gasteiger partial charge in [0, 0.05) is 12.5 Å². The average Bonchev–Trinajstić information content (AvgIpc) is 3.09. The van der Waals surface area contributed by atoms with E-state index in [0.717, 1.165) is 16.8 Å². The Hall–Kier alpha value is -2.04. The van der Waals surface area contributed by atoms with E-state index in [1.807, 2.05) is 0 Å². The van der Waals surface area contributed by atoms with Gasteiger partial charge in [-0.25, -0.2) is 13.5 Å². The molecule has 0 aliphatic carbocycles. The fraction of sp³-hybridized carbons (Fsp3) is 0.385. The third-order valence-electron chi connectivity index (χ3n) is 3.87. The maximum Gasteiger partial charge on any atom is 0.221 e. The second-order valence-corrected chi connectivity index (χ2v) is 5.66. The Balaban J connectivity index is 1.74. The number of Topliss-reactive ketones (excluding diaryl/α,β-unsaturated/α-hetero) is 1. The molecule has 0 spiro atoms. The van der Waals surface area contributed by atoms with Crippen LogP contribution >= 0.6 is 12.2 Å². The molecule has 2 aliphatic rings. The monoisotopic (exact) mass is 340 g/mol. The number of aromatic nitrogens is 4. The minimum Gasteiger partial charge on any atom is -0.343 e. The van der Waals surface area contributed by atoms with Crippen LogP contribution in [0, 0.1) is 16.4 Å². The Bertz CT molecular complexity index is 852. The van der Waals surface area contributed by atoms with Crippen LogP contribution in [-0.2, 0) is 14.3 Å². The summed E-state index contributed by atoms with van der Waals surface area (Å²) in [5, 5.41) is 7.72. The standard InChI is InChI=1S/C13H10F2N4O3S/c14-6-1-2-8(7(15)3-6)18-13(23)19(17-16-18)9-4-10(20)12-21-5-11(9)22-12/h1-3,9,11-12H,4-5H2/t9-,11-,12-/m1/s1. The zero-order chi connectivity index (χ0) is 16.1. The van der Waals surface area contributed by atoms with E-state index in [1.165, 1.54) is 10.7 Å². The molecule has 0 radical (unpaired) electrons. The molecule has 0 saturated carbocycles. The Morgan fingerprint density at radius 2 is 2.13 bits per heavy atom. The van der Waals surface area contributed by atoms with Crippen LogP contribution in [0.15, 0.2) is 18.2 Å². The zero-order valence-electron chi connectivity index (χ0n) is 11.6. The number of hydrogen-bond acceptors (Lipinski definition) is 6. The van der Waals surface area contributed by atoms with Crippen molar-refractivity contribution >= 4 is 18.0 Å². The van der Waals surface area contributed by atoms with E-state index in [2.05, 4.69) is 10.4 Å². The first-order valence-electron chi connectivity index (χ1n) is 6.84. The number of benzene rings is 1. The van der Waals surface area contributed by atoms with Crippen LogP contribution in [0.4, 0.5) is 8.78 Å². The number of hydrogen-bond donors (Lipinski definition) is 0. The van der Waals surface area contributed by atoms with Gasteiger partial charge in [-0.1, -0.05) is 0 Å². The number of fused-ring (bicyclic) bond motifs is 2. The van der Waals surface area contributed by atoms with Gasteiger partial charge in [0.25, 0.3) is 0 Å². The van der Waals surface area contributed by atoms with Gasteiger partial charge in [0.2, 0.25) is 11.1 Å². The van der Waals surface area contributed by atoms with Crippen molar-refractivity contribution in [3.8, 4) is 5.69 Å². The lowest BCUT2D eigenvalue weighted by molar-refractivity contribution is -0.156. The quantitative estimate of drug-likeness (QED) is 0.768. The summed E-state index contributed by atoms with van der Waals surface area (Å²) in [5.41, 5.74) is -0.0220. The van der Waals surface area contributed by atoms with Crippen LogP contribution in [-0.4, -0.2) is 44.6 Å². The number of carbonyl (C=O) groups excluding carboxylic acids is 1. The number of nitrogens with zero attached hydrogens (tertiary/aromatic N) is 4. The number of ketones is 1. The number of tetrazole rings is 1. The van der Waals surface area contributed by atoms with Crippen molar-refractivity contribution in [2.45, 2.75) is 24.9 Å². The predicted octanol–water partition coefficient (Wildman–Crippen LogP) is 1.33. The van der Waals surface area contributed by atoms with Crippen LogP contribution in [0.1, 0.15) is 12.5 Å². The molecule has 120 valence electrons. The Morgan fingerprint density at radius 1 is 1.30 bits per heavy atom. The molecule has 4 rings (SSSR count).